The Morgan fingerprint density at radius 2 is 1.46 bits per heavy atom. The van der Waals surface area contributed by atoms with E-state index in [4.69, 9.17) is 11.6 Å². The Morgan fingerprint density at radius 1 is 1.00 bits per heavy atom. The highest BCUT2D eigenvalue weighted by Gasteiger charge is 2.35. The van der Waals surface area contributed by atoms with Gasteiger partial charge in [0.25, 0.3) is 0 Å². The number of rotatable bonds is 9. The largest absolute Gasteiger partial charge is 0.251 e. The lowest BCUT2D eigenvalue weighted by Gasteiger charge is -2.25. The van der Waals surface area contributed by atoms with Crippen molar-refractivity contribution in [1.29, 1.82) is 0 Å². The molecular formula is C12H14ClF3INO4S2. The first-order valence-electron chi connectivity index (χ1n) is 6.59. The molecule has 0 unspecified atom stereocenters. The van der Waals surface area contributed by atoms with Crippen molar-refractivity contribution in [3.8, 4) is 0 Å². The maximum absolute atomic E-state index is 13.5. The van der Waals surface area contributed by atoms with E-state index < -0.39 is 74.3 Å². The second-order valence-corrected chi connectivity index (χ2v) is 10.2. The summed E-state index contributed by atoms with van der Waals surface area (Å²) < 4.78 is 87.6. The zero-order chi connectivity index (χ0) is 18.5. The maximum Gasteiger partial charge on any atom is 0.248 e. The Labute approximate surface area is 157 Å². The Bertz CT molecular complexity index is 752. The molecule has 0 N–H and O–H groups in total. The lowest BCUT2D eigenvalue weighted by molar-refractivity contribution is 0.482. The fraction of sp³-hybridized carbons (Fsp3) is 0.500. The lowest BCUT2D eigenvalue weighted by atomic mass is 10.3. The highest BCUT2D eigenvalue weighted by molar-refractivity contribution is 14.1. The summed E-state index contributed by atoms with van der Waals surface area (Å²) in [5.74, 6) is -2.34. The first kappa shape index (κ1) is 21.8. The standard InChI is InChI=1S/C12H14ClF3INO4S2/c13-11-10(4-3-9(16)12(11)17)18(23(19,20)7-1-5-14)24(21,22)8-2-6-15/h3-4H,1-2,5-8H2. The van der Waals surface area contributed by atoms with Crippen LogP contribution in [0.25, 0.3) is 0 Å². The topological polar surface area (TPSA) is 71.5 Å². The minimum Gasteiger partial charge on any atom is -0.251 e. The van der Waals surface area contributed by atoms with Gasteiger partial charge in [-0.15, -0.1) is 0 Å². The van der Waals surface area contributed by atoms with E-state index in [1.165, 1.54) is 22.6 Å². The molecule has 0 heterocycles. The lowest BCUT2D eigenvalue weighted by Crippen LogP contribution is -2.40. The third-order valence-corrected chi connectivity index (χ3v) is 8.92. The molecule has 0 atom stereocenters. The molecule has 5 nitrogen and oxygen atoms in total. The van der Waals surface area contributed by atoms with Crippen molar-refractivity contribution in [2.75, 3.05) is 28.6 Å². The smallest absolute Gasteiger partial charge is 0.248 e. The normalized spacial score (nSPS) is 12.4. The van der Waals surface area contributed by atoms with Crippen LogP contribution in [0.4, 0.5) is 18.9 Å². The summed E-state index contributed by atoms with van der Waals surface area (Å²) >= 11 is 7.41. The number of benzene rings is 1. The van der Waals surface area contributed by atoms with E-state index >= 15 is 0 Å². The van der Waals surface area contributed by atoms with Gasteiger partial charge in [-0.05, 0) is 47.6 Å². The number of hydrogen-bond donors (Lipinski definition) is 0. The van der Waals surface area contributed by atoms with Gasteiger partial charge in [0.15, 0.2) is 0 Å². The third-order valence-electron chi connectivity index (χ3n) is 2.79. The van der Waals surface area contributed by atoms with Crippen LogP contribution in [-0.2, 0) is 20.0 Å². The average molecular weight is 520 g/mol. The molecule has 12 heteroatoms. The molecule has 24 heavy (non-hydrogen) atoms. The first-order valence-corrected chi connectivity index (χ1v) is 11.3. The quantitative estimate of drug-likeness (QED) is 0.371. The van der Waals surface area contributed by atoms with Crippen LogP contribution in [0, 0.1) is 9.39 Å². The molecule has 0 bridgehead atoms. The molecule has 0 aliphatic heterocycles. The number of halogens is 5. The van der Waals surface area contributed by atoms with E-state index in [1.54, 1.807) is 0 Å². The van der Waals surface area contributed by atoms with E-state index in [0.717, 1.165) is 12.1 Å². The highest BCUT2D eigenvalue weighted by atomic mass is 127. The number of sulfonamides is 2. The summed E-state index contributed by atoms with van der Waals surface area (Å²) in [5.41, 5.74) is -0.472. The molecule has 138 valence electrons. The van der Waals surface area contributed by atoms with Crippen molar-refractivity contribution in [2.24, 2.45) is 0 Å². The molecular weight excluding hydrogens is 506 g/mol. The van der Waals surface area contributed by atoms with Gasteiger partial charge in [0.05, 0.1) is 39.1 Å². The second kappa shape index (κ2) is 8.90. The Kier molecular flexibility index (Phi) is 8.07. The summed E-state index contributed by atoms with van der Waals surface area (Å²) in [6, 6.07) is 1.77. The van der Waals surface area contributed by atoms with E-state index in [9.17, 15) is 30.0 Å². The SMILES string of the molecule is O=S(=O)(CCCF)N(c1ccc(F)c(I)c1Cl)S(=O)(=O)CCCF. The summed E-state index contributed by atoms with van der Waals surface area (Å²) in [4.78, 5) is 0. The minimum absolute atomic E-state index is 0.0508. The van der Waals surface area contributed by atoms with Crippen LogP contribution in [0.2, 0.25) is 5.02 Å². The summed E-state index contributed by atoms with van der Waals surface area (Å²) in [7, 11) is -9.01. The molecule has 0 spiro atoms. The molecule has 0 saturated heterocycles. The van der Waals surface area contributed by atoms with Crippen molar-refractivity contribution in [3.63, 3.8) is 0 Å². The zero-order valence-corrected chi connectivity index (χ0v) is 16.7. The van der Waals surface area contributed by atoms with Crippen LogP contribution in [0.1, 0.15) is 12.8 Å². The summed E-state index contributed by atoms with van der Waals surface area (Å²) in [6.07, 6.45) is -0.846. The molecule has 0 aliphatic rings. The number of nitrogens with zero attached hydrogens (tertiary/aromatic N) is 1. The average Bonchev–Trinajstić information content (AvgIpc) is 2.51. The number of anilines is 1. The fourth-order valence-corrected chi connectivity index (χ4v) is 6.58. The predicted octanol–water partition coefficient (Wildman–Crippen LogP) is 3.27. The van der Waals surface area contributed by atoms with Gasteiger partial charge in [0, 0.05) is 0 Å². The Morgan fingerprint density at radius 3 is 1.88 bits per heavy atom. The minimum atomic E-state index is -4.51. The van der Waals surface area contributed by atoms with Gasteiger partial charge < -0.3 is 0 Å². The highest BCUT2D eigenvalue weighted by Crippen LogP contribution is 2.35. The van der Waals surface area contributed by atoms with E-state index in [2.05, 4.69) is 0 Å². The van der Waals surface area contributed by atoms with Crippen LogP contribution in [0.5, 0.6) is 0 Å². The van der Waals surface area contributed by atoms with Crippen LogP contribution in [-0.4, -0.2) is 41.7 Å². The van der Waals surface area contributed by atoms with Crippen molar-refractivity contribution < 1.29 is 30.0 Å². The Hall–Kier alpha value is -0.270. The number of alkyl halides is 2. The van der Waals surface area contributed by atoms with Gasteiger partial charge in [-0.1, -0.05) is 11.6 Å². The van der Waals surface area contributed by atoms with Gasteiger partial charge >= 0.3 is 0 Å². The molecule has 0 aromatic heterocycles. The van der Waals surface area contributed by atoms with Crippen molar-refractivity contribution in [3.05, 3.63) is 26.5 Å². The maximum atomic E-state index is 13.5. The van der Waals surface area contributed by atoms with Gasteiger partial charge in [-0.25, -0.2) is 21.2 Å². The molecule has 0 amide bonds. The zero-order valence-electron chi connectivity index (χ0n) is 12.2. The molecule has 0 radical (unpaired) electrons. The second-order valence-electron chi connectivity index (χ2n) is 4.61. The molecule has 0 fully saturated rings. The first-order chi connectivity index (χ1) is 11.1. The van der Waals surface area contributed by atoms with Gasteiger partial charge in [0.2, 0.25) is 20.0 Å². The van der Waals surface area contributed by atoms with Gasteiger partial charge in [-0.2, -0.15) is 3.71 Å². The summed E-state index contributed by atoms with van der Waals surface area (Å²) in [6.45, 7) is -1.93. The van der Waals surface area contributed by atoms with Gasteiger partial charge in [0.1, 0.15) is 5.82 Å². The molecule has 1 aromatic rings. The van der Waals surface area contributed by atoms with Crippen LogP contribution in [0.3, 0.4) is 0 Å². The van der Waals surface area contributed by atoms with E-state index in [1.807, 2.05) is 0 Å². The van der Waals surface area contributed by atoms with Gasteiger partial charge in [-0.3, -0.25) is 8.78 Å². The third kappa shape index (κ3) is 5.11. The van der Waals surface area contributed by atoms with Crippen molar-refractivity contribution in [1.82, 2.24) is 0 Å². The van der Waals surface area contributed by atoms with Crippen molar-refractivity contribution >= 4 is 59.9 Å². The van der Waals surface area contributed by atoms with Crippen LogP contribution in [0.15, 0.2) is 12.1 Å². The molecule has 0 saturated carbocycles. The predicted molar refractivity (Wildman–Crippen MR) is 95.4 cm³/mol. The number of hydrogen-bond acceptors (Lipinski definition) is 4. The monoisotopic (exact) mass is 519 g/mol. The molecule has 1 aromatic carbocycles. The van der Waals surface area contributed by atoms with E-state index in [-0.39, 0.29) is 7.28 Å². The van der Waals surface area contributed by atoms with Crippen LogP contribution < -0.4 is 3.71 Å². The molecule has 1 rings (SSSR count). The van der Waals surface area contributed by atoms with Crippen molar-refractivity contribution in [2.45, 2.75) is 12.8 Å². The summed E-state index contributed by atoms with van der Waals surface area (Å²) in [5, 5.41) is -0.414. The fourth-order valence-electron chi connectivity index (χ4n) is 1.77. The Balaban J connectivity index is 3.53. The molecule has 0 aliphatic carbocycles. The van der Waals surface area contributed by atoms with E-state index in [0.29, 0.717) is 0 Å². The van der Waals surface area contributed by atoms with Crippen LogP contribution >= 0.6 is 34.2 Å².